The fourth-order valence-corrected chi connectivity index (χ4v) is 5.99. The largest absolute Gasteiger partial charge is 0.465 e. The van der Waals surface area contributed by atoms with Crippen LogP contribution in [0.1, 0.15) is 21.5 Å². The molecule has 0 saturated heterocycles. The van der Waals surface area contributed by atoms with Gasteiger partial charge in [-0.1, -0.05) is 39.7 Å². The monoisotopic (exact) mass is 676 g/mol. The summed E-state index contributed by atoms with van der Waals surface area (Å²) in [5.74, 6) is -0.109. The number of halogens is 5. The Kier molecular flexibility index (Phi) is 9.54. The Balaban J connectivity index is 1.60. The van der Waals surface area contributed by atoms with E-state index in [-0.39, 0.29) is 46.8 Å². The summed E-state index contributed by atoms with van der Waals surface area (Å²) in [5, 5.41) is -0.0762. The van der Waals surface area contributed by atoms with Gasteiger partial charge in [0.15, 0.2) is 6.79 Å². The number of alkyl halides is 3. The Morgan fingerprint density at radius 1 is 1.10 bits per heavy atom. The van der Waals surface area contributed by atoms with Crippen molar-refractivity contribution in [1.29, 1.82) is 0 Å². The van der Waals surface area contributed by atoms with Crippen molar-refractivity contribution in [1.82, 2.24) is 0 Å². The van der Waals surface area contributed by atoms with Gasteiger partial charge in [-0.25, -0.2) is 8.42 Å². The minimum atomic E-state index is -4.55. The molecule has 0 spiro atoms. The van der Waals surface area contributed by atoms with Gasteiger partial charge in [0.05, 0.1) is 35.7 Å². The average molecular weight is 678 g/mol. The summed E-state index contributed by atoms with van der Waals surface area (Å²) < 4.78 is 81.9. The molecular formula is C27H25BrClF3N2O6S. The number of ether oxygens (including phenoxy) is 3. The highest BCUT2D eigenvalue weighted by atomic mass is 79.9. The zero-order valence-electron chi connectivity index (χ0n) is 21.8. The molecule has 8 nitrogen and oxygen atoms in total. The summed E-state index contributed by atoms with van der Waals surface area (Å²) >= 11 is 9.44. The molecule has 0 saturated carbocycles. The maximum absolute atomic E-state index is 13.5. The van der Waals surface area contributed by atoms with Crippen LogP contribution in [-0.4, -0.2) is 54.2 Å². The molecule has 4 rings (SSSR count). The van der Waals surface area contributed by atoms with Crippen LogP contribution in [0, 0.1) is 0 Å². The van der Waals surface area contributed by atoms with E-state index in [1.54, 1.807) is 30.3 Å². The fourth-order valence-electron chi connectivity index (χ4n) is 4.30. The lowest BCUT2D eigenvalue weighted by Gasteiger charge is -2.30. The van der Waals surface area contributed by atoms with Gasteiger partial charge in [0.2, 0.25) is 10.0 Å². The quantitative estimate of drug-likeness (QED) is 0.198. The number of sulfonamides is 1. The molecule has 0 bridgehead atoms. The lowest BCUT2D eigenvalue weighted by atomic mass is 9.93. The van der Waals surface area contributed by atoms with Gasteiger partial charge in [-0.2, -0.15) is 13.2 Å². The summed E-state index contributed by atoms with van der Waals surface area (Å²) in [6.45, 7) is 0.786. The first-order valence-corrected chi connectivity index (χ1v) is 15.2. The number of carbonyl (C=O) groups is 1. The zero-order valence-corrected chi connectivity index (χ0v) is 25.0. The van der Waals surface area contributed by atoms with Gasteiger partial charge in [-0.05, 0) is 53.9 Å². The van der Waals surface area contributed by atoms with Crippen molar-refractivity contribution in [3.05, 3.63) is 74.7 Å². The third-order valence-corrected chi connectivity index (χ3v) is 7.66. The molecule has 41 heavy (non-hydrogen) atoms. The molecule has 0 fully saturated rings. The average Bonchev–Trinajstić information content (AvgIpc) is 2.88. The Morgan fingerprint density at radius 2 is 1.85 bits per heavy atom. The maximum atomic E-state index is 13.5. The van der Waals surface area contributed by atoms with Crippen LogP contribution in [0.5, 0.6) is 5.75 Å². The summed E-state index contributed by atoms with van der Waals surface area (Å²) in [4.78, 5) is 15.0. The number of nitrogens with one attached hydrogen (secondary N) is 1. The molecular weight excluding hydrogens is 653 g/mol. The van der Waals surface area contributed by atoms with Crippen molar-refractivity contribution in [2.24, 2.45) is 0 Å². The van der Waals surface area contributed by atoms with Crippen molar-refractivity contribution in [3.63, 3.8) is 0 Å². The number of methoxy groups -OCH3 is 1. The predicted molar refractivity (Wildman–Crippen MR) is 153 cm³/mol. The number of hydrogen-bond acceptors (Lipinski definition) is 6. The van der Waals surface area contributed by atoms with Crippen LogP contribution in [0.3, 0.4) is 0 Å². The summed E-state index contributed by atoms with van der Waals surface area (Å²) in [5.41, 5.74) is 1.76. The van der Waals surface area contributed by atoms with Crippen molar-refractivity contribution in [2.45, 2.75) is 12.6 Å². The lowest BCUT2D eigenvalue weighted by Crippen LogP contribution is -2.37. The summed E-state index contributed by atoms with van der Waals surface area (Å²) in [6.07, 6.45) is -3.11. The Hall–Kier alpha value is -2.84. The molecule has 0 radical (unpaired) electrons. The number of hydrogen-bond donors (Lipinski definition) is 1. The second kappa shape index (κ2) is 12.6. The van der Waals surface area contributed by atoms with E-state index in [0.717, 1.165) is 18.4 Å². The number of benzene rings is 3. The summed E-state index contributed by atoms with van der Waals surface area (Å²) in [7, 11) is -2.14. The maximum Gasteiger partial charge on any atom is 0.416 e. The molecule has 0 aliphatic carbocycles. The van der Waals surface area contributed by atoms with E-state index in [1.165, 1.54) is 18.1 Å². The van der Waals surface area contributed by atoms with E-state index in [1.807, 2.05) is 0 Å². The lowest BCUT2D eigenvalue weighted by molar-refractivity contribution is -0.137. The molecule has 1 heterocycles. The molecule has 0 unspecified atom stereocenters. The van der Waals surface area contributed by atoms with E-state index < -0.39 is 21.8 Å². The van der Waals surface area contributed by atoms with Crippen LogP contribution in [0.25, 0.3) is 11.1 Å². The second-order valence-corrected chi connectivity index (χ2v) is 12.1. The minimum Gasteiger partial charge on any atom is -0.465 e. The predicted octanol–water partition coefficient (Wildman–Crippen LogP) is 6.36. The molecule has 1 N–H and O–H groups in total. The van der Waals surface area contributed by atoms with E-state index in [4.69, 9.17) is 25.8 Å². The fraction of sp³-hybridized carbons (Fsp3) is 0.296. The molecule has 1 aliphatic rings. The van der Waals surface area contributed by atoms with Crippen LogP contribution in [0.2, 0.25) is 5.02 Å². The van der Waals surface area contributed by atoms with Crippen LogP contribution >= 0.6 is 27.5 Å². The van der Waals surface area contributed by atoms with Crippen molar-refractivity contribution in [3.8, 4) is 16.9 Å². The van der Waals surface area contributed by atoms with Gasteiger partial charge in [0.25, 0.3) is 5.91 Å². The van der Waals surface area contributed by atoms with Crippen LogP contribution in [-0.2, 0) is 32.1 Å². The summed E-state index contributed by atoms with van der Waals surface area (Å²) in [6, 6.07) is 11.5. The SMILES string of the molecule is COCCOCOc1ccc(N2CCc3cc(-c4c(Cl)cc(C(F)(F)F)cc4Br)ccc3C2=O)cc1NS(C)(=O)=O. The van der Waals surface area contributed by atoms with Crippen LogP contribution < -0.4 is 14.4 Å². The van der Waals surface area contributed by atoms with Crippen molar-refractivity contribution >= 4 is 54.8 Å². The number of nitrogens with zero attached hydrogens (tertiary/aromatic N) is 1. The Morgan fingerprint density at radius 3 is 2.51 bits per heavy atom. The molecule has 3 aromatic rings. The molecule has 0 aromatic heterocycles. The van der Waals surface area contributed by atoms with Gasteiger partial charge in [0, 0.05) is 34.9 Å². The van der Waals surface area contributed by atoms with Crippen LogP contribution in [0.4, 0.5) is 24.5 Å². The van der Waals surface area contributed by atoms with Crippen molar-refractivity contribution in [2.75, 3.05) is 49.5 Å². The molecule has 1 aliphatic heterocycles. The van der Waals surface area contributed by atoms with Crippen LogP contribution in [0.15, 0.2) is 53.0 Å². The number of carbonyl (C=O) groups excluding carboxylic acids is 1. The first kappa shape index (κ1) is 31.1. The third kappa shape index (κ3) is 7.52. The smallest absolute Gasteiger partial charge is 0.416 e. The molecule has 1 amide bonds. The minimum absolute atomic E-state index is 0.0762. The molecule has 220 valence electrons. The molecule has 14 heteroatoms. The van der Waals surface area contributed by atoms with Gasteiger partial charge in [-0.3, -0.25) is 9.52 Å². The van der Waals surface area contributed by atoms with E-state index in [2.05, 4.69) is 20.7 Å². The van der Waals surface area contributed by atoms with E-state index in [0.29, 0.717) is 41.0 Å². The highest BCUT2D eigenvalue weighted by molar-refractivity contribution is 9.10. The molecule has 0 atom stereocenters. The Labute approximate surface area is 248 Å². The van der Waals surface area contributed by atoms with E-state index in [9.17, 15) is 26.4 Å². The van der Waals surface area contributed by atoms with Gasteiger partial charge in [-0.15, -0.1) is 0 Å². The topological polar surface area (TPSA) is 94.2 Å². The standard InChI is InChI=1S/C27H25BrClF3N2O6S/c1-38-9-10-39-15-40-24-6-4-19(14-23(24)33-41(2,36)37)34-8-7-16-11-17(3-5-20(16)26(34)35)25-21(28)12-18(13-22(25)29)27(30,31)32/h3-6,11-14,33H,7-10,15H2,1-2H3. The Bertz CT molecular complexity index is 1550. The number of amides is 1. The number of rotatable bonds is 10. The highest BCUT2D eigenvalue weighted by Crippen LogP contribution is 2.42. The van der Waals surface area contributed by atoms with Gasteiger partial charge < -0.3 is 19.1 Å². The van der Waals surface area contributed by atoms with Gasteiger partial charge in [0.1, 0.15) is 5.75 Å². The highest BCUT2D eigenvalue weighted by Gasteiger charge is 2.32. The second-order valence-electron chi connectivity index (χ2n) is 9.11. The first-order chi connectivity index (χ1) is 19.3. The number of fused-ring (bicyclic) bond motifs is 1. The van der Waals surface area contributed by atoms with E-state index >= 15 is 0 Å². The molecule has 3 aromatic carbocycles. The third-order valence-electron chi connectivity index (χ3n) is 6.14. The zero-order chi connectivity index (χ0) is 29.9. The number of anilines is 2. The normalized spacial score (nSPS) is 13.7. The first-order valence-electron chi connectivity index (χ1n) is 12.1. The van der Waals surface area contributed by atoms with Crippen molar-refractivity contribution < 1.29 is 40.6 Å². The van der Waals surface area contributed by atoms with Gasteiger partial charge >= 0.3 is 6.18 Å².